The zero-order valence-corrected chi connectivity index (χ0v) is 36.3. The molecule has 0 aliphatic carbocycles. The summed E-state index contributed by atoms with van der Waals surface area (Å²) in [6, 6.07) is 10.1. The number of piperidine rings is 1. The van der Waals surface area contributed by atoms with Gasteiger partial charge in [0.15, 0.2) is 11.6 Å². The van der Waals surface area contributed by atoms with E-state index in [1.807, 2.05) is 29.4 Å². The van der Waals surface area contributed by atoms with Crippen LogP contribution in [-0.2, 0) is 25.7 Å². The molecule has 338 valence electrons. The number of rotatable bonds is 15. The van der Waals surface area contributed by atoms with Gasteiger partial charge in [-0.15, -0.1) is 0 Å². The first-order valence-corrected chi connectivity index (χ1v) is 21.8. The third-order valence-electron chi connectivity index (χ3n) is 11.9. The van der Waals surface area contributed by atoms with Gasteiger partial charge in [0.1, 0.15) is 28.9 Å². The van der Waals surface area contributed by atoms with Gasteiger partial charge in [-0.3, -0.25) is 43.9 Å². The molecular formula is C46H49F2N11O6. The van der Waals surface area contributed by atoms with E-state index in [4.69, 9.17) is 0 Å². The van der Waals surface area contributed by atoms with E-state index in [0.29, 0.717) is 69.1 Å². The van der Waals surface area contributed by atoms with Crippen LogP contribution in [0.1, 0.15) is 103 Å². The van der Waals surface area contributed by atoms with Crippen LogP contribution < -0.4 is 16.0 Å². The van der Waals surface area contributed by atoms with Gasteiger partial charge in [0.05, 0.1) is 28.5 Å². The molecule has 2 aromatic carbocycles. The lowest BCUT2D eigenvalue weighted by molar-refractivity contribution is -0.136. The molecule has 3 N–H and O–H groups in total. The standard InChI is InChI=1S/C46H49F2N11O6/c1-26(2)58-27(3)51-42-31(47)21-29(22-35(42)58)41-32(48)24-50-46(55-41)53-36-15-13-28(23-49-36)25-56-17-19-57(20-18-56)39(62)12-7-5-4-6-11-37(60)52-33-10-8-9-30-40(33)45(65)59(44(30)64)34-14-16-38(61)54-43(34)63/h8-10,13,15,21-24,26,34H,4-7,11-12,14,16-20,25H2,1-3H3,(H,52,60)(H,54,61,63)(H,49,50,53,55). The number of fused-ring (bicyclic) bond motifs is 2. The van der Waals surface area contributed by atoms with Crippen molar-refractivity contribution in [3.05, 3.63) is 89.0 Å². The topological polar surface area (TPSA) is 205 Å². The van der Waals surface area contributed by atoms with Crippen molar-refractivity contribution in [2.24, 2.45) is 0 Å². The van der Waals surface area contributed by atoms with Gasteiger partial charge in [-0.25, -0.2) is 28.7 Å². The summed E-state index contributed by atoms with van der Waals surface area (Å²) in [5, 5.41) is 7.93. The van der Waals surface area contributed by atoms with Crippen molar-refractivity contribution in [1.29, 1.82) is 0 Å². The molecule has 0 bridgehead atoms. The summed E-state index contributed by atoms with van der Waals surface area (Å²) in [6.07, 6.45) is 6.18. The van der Waals surface area contributed by atoms with E-state index in [9.17, 15) is 28.8 Å². The molecule has 17 nitrogen and oxygen atoms in total. The number of aromatic nitrogens is 5. The number of carbonyl (C=O) groups excluding carboxylic acids is 6. The number of hydrogen-bond acceptors (Lipinski definition) is 12. The summed E-state index contributed by atoms with van der Waals surface area (Å²) in [6.45, 7) is 9.01. The first kappa shape index (κ1) is 44.6. The lowest BCUT2D eigenvalue weighted by Gasteiger charge is -2.34. The first-order chi connectivity index (χ1) is 31.2. The molecule has 6 heterocycles. The van der Waals surface area contributed by atoms with Crippen LogP contribution in [0.15, 0.2) is 54.9 Å². The van der Waals surface area contributed by atoms with E-state index >= 15 is 8.78 Å². The Morgan fingerprint density at radius 2 is 1.65 bits per heavy atom. The molecule has 1 atom stereocenters. The number of carbonyl (C=O) groups is 6. The number of halogens is 2. The van der Waals surface area contributed by atoms with Gasteiger partial charge in [-0.1, -0.05) is 25.0 Å². The first-order valence-electron chi connectivity index (χ1n) is 21.8. The molecule has 2 saturated heterocycles. The third-order valence-corrected chi connectivity index (χ3v) is 11.9. The normalized spacial score (nSPS) is 16.7. The Kier molecular flexibility index (Phi) is 13.0. The second-order valence-corrected chi connectivity index (χ2v) is 16.8. The SMILES string of the molecule is Cc1nc2c(F)cc(-c3nc(Nc4ccc(CN5CCN(C(=O)CCCCCCC(=O)Nc6cccc7c6C(=O)N(C6CCC(=O)NC6=O)C7=O)CC5)cn4)ncc3F)cc2n1C(C)C. The van der Waals surface area contributed by atoms with E-state index < -0.39 is 41.3 Å². The molecule has 19 heteroatoms. The molecule has 3 aromatic heterocycles. The van der Waals surface area contributed by atoms with Gasteiger partial charge in [0.25, 0.3) is 11.8 Å². The van der Waals surface area contributed by atoms with E-state index in [-0.39, 0.29) is 76.7 Å². The van der Waals surface area contributed by atoms with Crippen LogP contribution >= 0.6 is 0 Å². The molecule has 0 radical (unpaired) electrons. The zero-order valence-electron chi connectivity index (χ0n) is 36.3. The highest BCUT2D eigenvalue weighted by Crippen LogP contribution is 2.33. The predicted molar refractivity (Wildman–Crippen MR) is 235 cm³/mol. The summed E-state index contributed by atoms with van der Waals surface area (Å²) in [4.78, 5) is 98.5. The van der Waals surface area contributed by atoms with Crippen molar-refractivity contribution in [2.45, 2.75) is 90.8 Å². The Morgan fingerprint density at radius 1 is 0.877 bits per heavy atom. The number of aryl methyl sites for hydroxylation is 1. The minimum atomic E-state index is -1.10. The average Bonchev–Trinajstić information content (AvgIpc) is 3.76. The highest BCUT2D eigenvalue weighted by atomic mass is 19.1. The number of amides is 6. The lowest BCUT2D eigenvalue weighted by atomic mass is 10.0. The van der Waals surface area contributed by atoms with Gasteiger partial charge >= 0.3 is 0 Å². The number of imide groups is 2. The van der Waals surface area contributed by atoms with Gasteiger partial charge in [0, 0.05) is 69.8 Å². The van der Waals surface area contributed by atoms with E-state index in [1.165, 1.54) is 18.2 Å². The maximum atomic E-state index is 15.1. The van der Waals surface area contributed by atoms with Crippen molar-refractivity contribution in [3.63, 3.8) is 0 Å². The highest BCUT2D eigenvalue weighted by molar-refractivity contribution is 6.26. The van der Waals surface area contributed by atoms with Crippen LogP contribution in [0.5, 0.6) is 0 Å². The summed E-state index contributed by atoms with van der Waals surface area (Å²) in [5.41, 5.74) is 2.27. The monoisotopic (exact) mass is 889 g/mol. The highest BCUT2D eigenvalue weighted by Gasteiger charge is 2.45. The van der Waals surface area contributed by atoms with Crippen molar-refractivity contribution < 1.29 is 37.5 Å². The fraction of sp³-hybridized carbons (Fsp3) is 0.391. The van der Waals surface area contributed by atoms with Crippen LogP contribution in [0.2, 0.25) is 0 Å². The maximum Gasteiger partial charge on any atom is 0.264 e. The van der Waals surface area contributed by atoms with Crippen LogP contribution in [0.4, 0.5) is 26.2 Å². The maximum absolute atomic E-state index is 15.1. The largest absolute Gasteiger partial charge is 0.340 e. The number of pyridine rings is 1. The van der Waals surface area contributed by atoms with Crippen molar-refractivity contribution in [1.82, 2.24) is 44.5 Å². The number of imidazole rings is 1. The second kappa shape index (κ2) is 19.0. The van der Waals surface area contributed by atoms with Crippen molar-refractivity contribution in [2.75, 3.05) is 36.8 Å². The zero-order chi connectivity index (χ0) is 45.9. The molecular weight excluding hydrogens is 841 g/mol. The Morgan fingerprint density at radius 3 is 2.37 bits per heavy atom. The molecule has 65 heavy (non-hydrogen) atoms. The Bertz CT molecular complexity index is 2700. The molecule has 0 saturated carbocycles. The van der Waals surface area contributed by atoms with Gasteiger partial charge < -0.3 is 20.1 Å². The smallest absolute Gasteiger partial charge is 0.264 e. The number of piperazine rings is 1. The third kappa shape index (κ3) is 9.60. The van der Waals surface area contributed by atoms with Gasteiger partial charge in [-0.2, -0.15) is 0 Å². The molecule has 0 spiro atoms. The molecule has 6 amide bonds. The minimum absolute atomic E-state index is 0.0103. The summed E-state index contributed by atoms with van der Waals surface area (Å²) in [5.74, 6) is -2.76. The van der Waals surface area contributed by atoms with Crippen molar-refractivity contribution in [3.8, 4) is 11.3 Å². The van der Waals surface area contributed by atoms with Crippen LogP contribution in [-0.4, -0.2) is 107 Å². The summed E-state index contributed by atoms with van der Waals surface area (Å²) < 4.78 is 32.1. The van der Waals surface area contributed by atoms with Gasteiger partial charge in [0.2, 0.25) is 29.6 Å². The van der Waals surface area contributed by atoms with E-state index in [2.05, 4.69) is 40.8 Å². The number of unbranched alkanes of at least 4 members (excludes halogenated alkanes) is 3. The predicted octanol–water partition coefficient (Wildman–Crippen LogP) is 5.82. The average molecular weight is 890 g/mol. The number of hydrogen-bond donors (Lipinski definition) is 3. The summed E-state index contributed by atoms with van der Waals surface area (Å²) in [7, 11) is 0. The number of nitrogens with zero attached hydrogens (tertiary/aromatic N) is 8. The minimum Gasteiger partial charge on any atom is -0.340 e. The number of nitrogens with one attached hydrogen (secondary N) is 3. The van der Waals surface area contributed by atoms with E-state index in [1.54, 1.807) is 31.3 Å². The fourth-order valence-electron chi connectivity index (χ4n) is 8.71. The Labute approximate surface area is 373 Å². The fourth-order valence-corrected chi connectivity index (χ4v) is 8.71. The molecule has 5 aromatic rings. The van der Waals surface area contributed by atoms with Crippen LogP contribution in [0, 0.1) is 18.6 Å². The number of anilines is 3. The lowest BCUT2D eigenvalue weighted by Crippen LogP contribution is -2.54. The molecule has 1 unspecified atom stereocenters. The molecule has 8 rings (SSSR count). The number of benzene rings is 2. The summed E-state index contributed by atoms with van der Waals surface area (Å²) >= 11 is 0. The molecule has 2 fully saturated rings. The Hall–Kier alpha value is -7.02. The van der Waals surface area contributed by atoms with Crippen LogP contribution in [0.3, 0.4) is 0 Å². The van der Waals surface area contributed by atoms with Crippen molar-refractivity contribution >= 4 is 63.9 Å². The second-order valence-electron chi connectivity index (χ2n) is 16.8. The van der Waals surface area contributed by atoms with Gasteiger partial charge in [-0.05, 0) is 75.9 Å². The Balaban J connectivity index is 0.741. The van der Waals surface area contributed by atoms with Crippen LogP contribution in [0.25, 0.3) is 22.3 Å². The molecule has 3 aliphatic heterocycles. The molecule has 3 aliphatic rings. The van der Waals surface area contributed by atoms with E-state index in [0.717, 1.165) is 29.5 Å². The quantitative estimate of drug-likeness (QED) is 0.0840.